The fourth-order valence-corrected chi connectivity index (χ4v) is 3.16. The molecule has 2 rings (SSSR count). The molecule has 0 spiro atoms. The zero-order valence-corrected chi connectivity index (χ0v) is 14.0. The molecule has 1 saturated heterocycles. The lowest BCUT2D eigenvalue weighted by atomic mass is 10.0. The summed E-state index contributed by atoms with van der Waals surface area (Å²) >= 11 is 11.7. The van der Waals surface area contributed by atoms with Gasteiger partial charge in [-0.15, -0.1) is 24.0 Å². The number of likely N-dealkylation sites (tertiary alicyclic amines) is 1. The Morgan fingerprint density at radius 1 is 1.55 bits per heavy atom. The second-order valence-electron chi connectivity index (χ2n) is 5.62. The second kappa shape index (κ2) is 5.88. The van der Waals surface area contributed by atoms with E-state index in [1.54, 1.807) is 4.90 Å². The van der Waals surface area contributed by atoms with Crippen LogP contribution in [0.5, 0.6) is 0 Å². The van der Waals surface area contributed by atoms with Crippen molar-refractivity contribution in [2.75, 3.05) is 13.1 Å². The summed E-state index contributed by atoms with van der Waals surface area (Å²) in [5, 5.41) is 0. The molecule has 3 nitrogen and oxygen atoms in total. The molecule has 1 amide bonds. The van der Waals surface area contributed by atoms with Crippen molar-refractivity contribution in [2.45, 2.75) is 30.6 Å². The second-order valence-corrected chi connectivity index (χ2v) is 8.06. The lowest BCUT2D eigenvalue weighted by molar-refractivity contribution is 0.00592. The molecule has 20 heavy (non-hydrogen) atoms. The Bertz CT molecular complexity index is 574. The molecule has 0 bridgehead atoms. The maximum Gasteiger partial charge on any atom is 0.410 e. The number of halogens is 1. The Kier molecular flexibility index (Phi) is 4.58. The number of nitrogens with zero attached hydrogens (tertiary/aromatic N) is 1. The molecule has 0 aliphatic carbocycles. The van der Waals surface area contributed by atoms with E-state index in [0.29, 0.717) is 17.4 Å². The minimum atomic E-state index is -0.457. The van der Waals surface area contributed by atoms with Gasteiger partial charge >= 0.3 is 6.09 Å². The number of hydrogen-bond donors (Lipinski definition) is 1. The zero-order valence-electron chi connectivity index (χ0n) is 11.6. The first-order valence-corrected chi connectivity index (χ1v) is 7.86. The maximum absolute atomic E-state index is 11.7. The highest BCUT2D eigenvalue weighted by atomic mass is 35.5. The molecule has 1 aliphatic heterocycles. The smallest absolute Gasteiger partial charge is 0.410 e. The van der Waals surface area contributed by atoms with Crippen LogP contribution >= 0.6 is 35.6 Å². The van der Waals surface area contributed by atoms with Crippen molar-refractivity contribution >= 4 is 41.7 Å². The summed E-state index contributed by atoms with van der Waals surface area (Å²) < 4.78 is 6.79. The molecular formula is C14H16ClNO2S2. The van der Waals surface area contributed by atoms with Gasteiger partial charge in [0, 0.05) is 13.1 Å². The van der Waals surface area contributed by atoms with Crippen LogP contribution in [0.3, 0.4) is 0 Å². The maximum atomic E-state index is 11.7. The molecule has 6 heteroatoms. The molecule has 0 aromatic carbocycles. The Balaban J connectivity index is 1.86. The predicted octanol–water partition coefficient (Wildman–Crippen LogP) is 3.91. The molecule has 1 aliphatic rings. The van der Waals surface area contributed by atoms with Crippen LogP contribution in [0.4, 0.5) is 4.79 Å². The van der Waals surface area contributed by atoms with Crippen molar-refractivity contribution in [2.24, 2.45) is 5.92 Å². The average Bonchev–Trinajstić information content (AvgIpc) is 2.52. The summed E-state index contributed by atoms with van der Waals surface area (Å²) in [6.45, 7) is 6.79. The van der Waals surface area contributed by atoms with E-state index in [-0.39, 0.29) is 12.0 Å². The van der Waals surface area contributed by atoms with Crippen LogP contribution in [0.1, 0.15) is 26.3 Å². The number of rotatable bonds is 0. The van der Waals surface area contributed by atoms with Crippen LogP contribution in [-0.4, -0.2) is 29.7 Å². The van der Waals surface area contributed by atoms with Crippen LogP contribution in [0, 0.1) is 17.8 Å². The monoisotopic (exact) mass is 329 g/mol. The van der Waals surface area contributed by atoms with Gasteiger partial charge in [0.15, 0.2) is 0 Å². The minimum Gasteiger partial charge on any atom is -0.444 e. The predicted molar refractivity (Wildman–Crippen MR) is 84.8 cm³/mol. The summed E-state index contributed by atoms with van der Waals surface area (Å²) in [6, 6.07) is 1.85. The van der Waals surface area contributed by atoms with E-state index in [1.165, 1.54) is 11.3 Å². The van der Waals surface area contributed by atoms with Gasteiger partial charge < -0.3 is 9.64 Å². The Morgan fingerprint density at radius 2 is 2.20 bits per heavy atom. The van der Waals surface area contributed by atoms with Gasteiger partial charge in [0.25, 0.3) is 0 Å². The fraction of sp³-hybridized carbons (Fsp3) is 0.500. The van der Waals surface area contributed by atoms with Gasteiger partial charge in [0.05, 0.1) is 15.7 Å². The highest BCUT2D eigenvalue weighted by Crippen LogP contribution is 2.29. The first-order chi connectivity index (χ1) is 9.24. The molecule has 2 heterocycles. The van der Waals surface area contributed by atoms with E-state index in [2.05, 4.69) is 24.5 Å². The minimum absolute atomic E-state index is 0.182. The van der Waals surface area contributed by atoms with Crippen molar-refractivity contribution < 1.29 is 9.53 Å². The number of carbonyl (C=O) groups is 1. The van der Waals surface area contributed by atoms with Crippen LogP contribution in [0.15, 0.2) is 10.3 Å². The number of carbonyl (C=O) groups excluding carboxylic acids is 1. The quantitative estimate of drug-likeness (QED) is 0.577. The first-order valence-electron chi connectivity index (χ1n) is 6.22. The van der Waals surface area contributed by atoms with Gasteiger partial charge in [-0.25, -0.2) is 4.79 Å². The first kappa shape index (κ1) is 15.6. The van der Waals surface area contributed by atoms with Gasteiger partial charge in [0.1, 0.15) is 9.94 Å². The lowest BCUT2D eigenvalue weighted by Gasteiger charge is -2.37. The highest BCUT2D eigenvalue weighted by Gasteiger charge is 2.32. The average molecular weight is 330 g/mol. The number of ether oxygens (including phenoxy) is 1. The van der Waals surface area contributed by atoms with E-state index >= 15 is 0 Å². The SMILES string of the molecule is CC(C)(C)OC(=O)N1CC(C#Cc2cc(S)sc2Cl)C1. The highest BCUT2D eigenvalue weighted by molar-refractivity contribution is 7.83. The standard InChI is InChI=1S/C14H16ClNO2S2/c1-14(2,3)18-13(17)16-7-9(8-16)4-5-10-6-11(19)20-12(10)15/h6,9,19H,7-8H2,1-3H3. The van der Waals surface area contributed by atoms with E-state index in [0.717, 1.165) is 9.77 Å². The van der Waals surface area contributed by atoms with Crippen LogP contribution < -0.4 is 0 Å². The van der Waals surface area contributed by atoms with Crippen molar-refractivity contribution in [3.05, 3.63) is 16.0 Å². The van der Waals surface area contributed by atoms with Gasteiger partial charge in [-0.1, -0.05) is 23.4 Å². The molecule has 1 aromatic rings. The third kappa shape index (κ3) is 4.08. The Labute approximate surface area is 133 Å². The number of amides is 1. The molecular weight excluding hydrogens is 314 g/mol. The number of thiol groups is 1. The van der Waals surface area contributed by atoms with Crippen molar-refractivity contribution in [3.63, 3.8) is 0 Å². The molecule has 108 valence electrons. The normalized spacial score (nSPS) is 15.3. The van der Waals surface area contributed by atoms with E-state index in [9.17, 15) is 4.79 Å². The molecule has 1 fully saturated rings. The van der Waals surface area contributed by atoms with Crippen LogP contribution in [0.25, 0.3) is 0 Å². The Morgan fingerprint density at radius 3 is 2.70 bits per heavy atom. The molecule has 0 saturated carbocycles. The van der Waals surface area contributed by atoms with Gasteiger partial charge in [0.2, 0.25) is 0 Å². The van der Waals surface area contributed by atoms with E-state index in [4.69, 9.17) is 16.3 Å². The lowest BCUT2D eigenvalue weighted by Crippen LogP contribution is -2.51. The summed E-state index contributed by atoms with van der Waals surface area (Å²) in [4.78, 5) is 13.4. The molecule has 1 aromatic heterocycles. The van der Waals surface area contributed by atoms with Crippen LogP contribution in [-0.2, 0) is 4.74 Å². The summed E-state index contributed by atoms with van der Waals surface area (Å²) in [6.07, 6.45) is -0.276. The van der Waals surface area contributed by atoms with Gasteiger partial charge in [-0.3, -0.25) is 0 Å². The van der Waals surface area contributed by atoms with Gasteiger partial charge in [-0.2, -0.15) is 0 Å². The number of thiophene rings is 1. The largest absolute Gasteiger partial charge is 0.444 e. The summed E-state index contributed by atoms with van der Waals surface area (Å²) in [5.74, 6) is 6.35. The Hall–Kier alpha value is -0.830. The number of hydrogen-bond acceptors (Lipinski definition) is 4. The third-order valence-corrected chi connectivity index (χ3v) is 4.18. The topological polar surface area (TPSA) is 29.5 Å². The zero-order chi connectivity index (χ0) is 14.9. The molecule has 0 radical (unpaired) electrons. The van der Waals surface area contributed by atoms with E-state index in [1.807, 2.05) is 26.8 Å². The summed E-state index contributed by atoms with van der Waals surface area (Å²) in [7, 11) is 0. The van der Waals surface area contributed by atoms with E-state index < -0.39 is 5.60 Å². The molecule has 0 unspecified atom stereocenters. The van der Waals surface area contributed by atoms with Crippen LogP contribution in [0.2, 0.25) is 4.34 Å². The molecule has 0 atom stereocenters. The summed E-state index contributed by atoms with van der Waals surface area (Å²) in [5.41, 5.74) is 0.346. The third-order valence-electron chi connectivity index (χ3n) is 2.62. The van der Waals surface area contributed by atoms with Crippen molar-refractivity contribution in [1.29, 1.82) is 0 Å². The fourth-order valence-electron chi connectivity index (χ4n) is 1.67. The van der Waals surface area contributed by atoms with Crippen molar-refractivity contribution in [1.82, 2.24) is 4.90 Å². The molecule has 0 N–H and O–H groups in total. The van der Waals surface area contributed by atoms with Gasteiger partial charge in [-0.05, 0) is 26.8 Å². The van der Waals surface area contributed by atoms with Crippen molar-refractivity contribution in [3.8, 4) is 11.8 Å².